The average Bonchev–Trinajstić information content (AvgIpc) is 3.12. The molecule has 2 aromatic heterocycles. The molecule has 4 rings (SSSR count). The Hall–Kier alpha value is -1.76. The molecule has 1 aliphatic heterocycles. The summed E-state index contributed by atoms with van der Waals surface area (Å²) in [5, 5.41) is 1.99. The number of hydrogen-bond acceptors (Lipinski definition) is 4. The monoisotopic (exact) mass is 401 g/mol. The van der Waals surface area contributed by atoms with Crippen molar-refractivity contribution in [2.45, 2.75) is 19.5 Å². The summed E-state index contributed by atoms with van der Waals surface area (Å²) in [7, 11) is 0. The number of benzene rings is 1. The SMILES string of the molecule is O=c1[nH]c(-c2cccs2)nc2c1CN(Cc1ccc(Br)cc1)CC2. The molecule has 0 unspecified atom stereocenters. The van der Waals surface area contributed by atoms with E-state index in [-0.39, 0.29) is 5.56 Å². The Morgan fingerprint density at radius 2 is 2.08 bits per heavy atom. The lowest BCUT2D eigenvalue weighted by molar-refractivity contribution is 0.242. The van der Waals surface area contributed by atoms with Crippen molar-refractivity contribution < 1.29 is 0 Å². The number of thiophene rings is 1. The maximum atomic E-state index is 12.5. The summed E-state index contributed by atoms with van der Waals surface area (Å²) in [5.41, 5.74) is 2.98. The molecule has 3 aromatic rings. The summed E-state index contributed by atoms with van der Waals surface area (Å²) in [6.45, 7) is 2.42. The van der Waals surface area contributed by atoms with Crippen LogP contribution in [0.4, 0.5) is 0 Å². The van der Waals surface area contributed by atoms with Gasteiger partial charge in [-0.15, -0.1) is 11.3 Å². The van der Waals surface area contributed by atoms with E-state index in [0.29, 0.717) is 12.4 Å². The summed E-state index contributed by atoms with van der Waals surface area (Å²) < 4.78 is 1.08. The predicted molar refractivity (Wildman–Crippen MR) is 100 cm³/mol. The number of hydrogen-bond donors (Lipinski definition) is 1. The minimum Gasteiger partial charge on any atom is -0.306 e. The van der Waals surface area contributed by atoms with Crippen LogP contribution >= 0.6 is 27.3 Å². The first-order valence-corrected chi connectivity index (χ1v) is 9.49. The van der Waals surface area contributed by atoms with Crippen LogP contribution in [-0.2, 0) is 19.5 Å². The molecule has 1 aliphatic rings. The fourth-order valence-corrected chi connectivity index (χ4v) is 3.93. The van der Waals surface area contributed by atoms with Gasteiger partial charge in [0.15, 0.2) is 5.82 Å². The first-order valence-electron chi connectivity index (χ1n) is 7.82. The third kappa shape index (κ3) is 3.22. The topological polar surface area (TPSA) is 49.0 Å². The molecule has 24 heavy (non-hydrogen) atoms. The Balaban J connectivity index is 1.57. The lowest BCUT2D eigenvalue weighted by Crippen LogP contribution is -2.35. The van der Waals surface area contributed by atoms with Gasteiger partial charge in [0, 0.05) is 30.5 Å². The first kappa shape index (κ1) is 15.7. The van der Waals surface area contributed by atoms with Gasteiger partial charge in [0.1, 0.15) is 0 Å². The molecule has 0 fully saturated rings. The van der Waals surface area contributed by atoms with Gasteiger partial charge >= 0.3 is 0 Å². The van der Waals surface area contributed by atoms with E-state index in [4.69, 9.17) is 4.98 Å². The van der Waals surface area contributed by atoms with E-state index in [1.54, 1.807) is 11.3 Å². The van der Waals surface area contributed by atoms with E-state index >= 15 is 0 Å². The largest absolute Gasteiger partial charge is 0.306 e. The third-order valence-corrected chi connectivity index (χ3v) is 5.63. The van der Waals surface area contributed by atoms with Crippen molar-refractivity contribution >= 4 is 27.3 Å². The summed E-state index contributed by atoms with van der Waals surface area (Å²) in [4.78, 5) is 23.4. The number of halogens is 1. The number of aromatic amines is 1. The van der Waals surface area contributed by atoms with Crippen LogP contribution in [0.15, 0.2) is 51.0 Å². The van der Waals surface area contributed by atoms with E-state index in [1.807, 2.05) is 17.5 Å². The number of nitrogens with one attached hydrogen (secondary N) is 1. The smallest absolute Gasteiger partial charge is 0.255 e. The van der Waals surface area contributed by atoms with Crippen LogP contribution in [0, 0.1) is 0 Å². The molecule has 4 nitrogen and oxygen atoms in total. The minimum absolute atomic E-state index is 0.0103. The minimum atomic E-state index is -0.0103. The molecule has 6 heteroatoms. The zero-order chi connectivity index (χ0) is 16.5. The lowest BCUT2D eigenvalue weighted by atomic mass is 10.1. The number of H-pyrrole nitrogens is 1. The Kier molecular flexibility index (Phi) is 4.35. The second-order valence-electron chi connectivity index (χ2n) is 5.90. The van der Waals surface area contributed by atoms with Gasteiger partial charge in [0.25, 0.3) is 5.56 Å². The van der Waals surface area contributed by atoms with Gasteiger partial charge in [-0.05, 0) is 29.1 Å². The molecular weight excluding hydrogens is 386 g/mol. The normalized spacial score (nSPS) is 14.5. The van der Waals surface area contributed by atoms with Crippen LogP contribution < -0.4 is 5.56 Å². The molecule has 0 saturated carbocycles. The Morgan fingerprint density at radius 3 is 2.83 bits per heavy atom. The van der Waals surface area contributed by atoms with E-state index < -0.39 is 0 Å². The van der Waals surface area contributed by atoms with E-state index in [9.17, 15) is 4.79 Å². The van der Waals surface area contributed by atoms with Crippen molar-refractivity contribution in [2.75, 3.05) is 6.54 Å². The molecule has 122 valence electrons. The molecule has 3 heterocycles. The highest BCUT2D eigenvalue weighted by atomic mass is 79.9. The highest BCUT2D eigenvalue weighted by Gasteiger charge is 2.21. The third-order valence-electron chi connectivity index (χ3n) is 4.22. The van der Waals surface area contributed by atoms with E-state index in [0.717, 1.165) is 40.1 Å². The van der Waals surface area contributed by atoms with Crippen molar-refractivity contribution in [1.82, 2.24) is 14.9 Å². The molecule has 1 N–H and O–H groups in total. The molecular formula is C18H16BrN3OS. The van der Waals surface area contributed by atoms with Crippen molar-refractivity contribution in [3.8, 4) is 10.7 Å². The van der Waals surface area contributed by atoms with Crippen LogP contribution in [0.25, 0.3) is 10.7 Å². The van der Waals surface area contributed by atoms with Gasteiger partial charge < -0.3 is 4.98 Å². The lowest BCUT2D eigenvalue weighted by Gasteiger charge is -2.27. The van der Waals surface area contributed by atoms with Gasteiger partial charge in [-0.3, -0.25) is 9.69 Å². The molecule has 1 aromatic carbocycles. The van der Waals surface area contributed by atoms with Gasteiger partial charge in [0.05, 0.1) is 16.1 Å². The fourth-order valence-electron chi connectivity index (χ4n) is 2.99. The Labute approximate surface area is 152 Å². The van der Waals surface area contributed by atoms with Crippen LogP contribution in [0.1, 0.15) is 16.8 Å². The quantitative estimate of drug-likeness (QED) is 0.725. The Morgan fingerprint density at radius 1 is 1.25 bits per heavy atom. The summed E-state index contributed by atoms with van der Waals surface area (Å²) in [5.74, 6) is 0.690. The van der Waals surface area contributed by atoms with Crippen LogP contribution in [0.2, 0.25) is 0 Å². The Bertz CT molecular complexity index is 903. The summed E-state index contributed by atoms with van der Waals surface area (Å²) in [6, 6.07) is 12.3. The summed E-state index contributed by atoms with van der Waals surface area (Å²) in [6.07, 6.45) is 0.814. The maximum absolute atomic E-state index is 12.5. The number of fused-ring (bicyclic) bond motifs is 1. The van der Waals surface area contributed by atoms with Gasteiger partial charge in [-0.25, -0.2) is 4.98 Å². The highest BCUT2D eigenvalue weighted by molar-refractivity contribution is 9.10. The highest BCUT2D eigenvalue weighted by Crippen LogP contribution is 2.23. The number of rotatable bonds is 3. The van der Waals surface area contributed by atoms with E-state index in [1.165, 1.54) is 5.56 Å². The zero-order valence-corrected chi connectivity index (χ0v) is 15.4. The molecule has 0 radical (unpaired) electrons. The predicted octanol–water partition coefficient (Wildman–Crippen LogP) is 3.82. The molecule has 0 saturated heterocycles. The summed E-state index contributed by atoms with van der Waals surface area (Å²) >= 11 is 5.05. The van der Waals surface area contributed by atoms with Gasteiger partial charge in [0.2, 0.25) is 0 Å². The van der Waals surface area contributed by atoms with Crippen LogP contribution in [-0.4, -0.2) is 21.4 Å². The van der Waals surface area contributed by atoms with Crippen molar-refractivity contribution in [2.24, 2.45) is 0 Å². The number of nitrogens with zero attached hydrogens (tertiary/aromatic N) is 2. The maximum Gasteiger partial charge on any atom is 0.255 e. The average molecular weight is 402 g/mol. The molecule has 0 spiro atoms. The first-order chi connectivity index (χ1) is 11.7. The standard InChI is InChI=1S/C18H16BrN3OS/c19-13-5-3-12(4-6-13)10-22-8-7-15-14(11-22)18(23)21-17(20-15)16-2-1-9-24-16/h1-6,9H,7-8,10-11H2,(H,20,21,23). The molecule has 0 bridgehead atoms. The fraction of sp³-hybridized carbons (Fsp3) is 0.222. The van der Waals surface area contributed by atoms with Crippen LogP contribution in [0.5, 0.6) is 0 Å². The van der Waals surface area contributed by atoms with Crippen molar-refractivity contribution in [3.05, 3.63) is 73.4 Å². The van der Waals surface area contributed by atoms with Gasteiger partial charge in [-0.1, -0.05) is 34.1 Å². The van der Waals surface area contributed by atoms with Gasteiger partial charge in [-0.2, -0.15) is 0 Å². The molecule has 0 aliphatic carbocycles. The second-order valence-corrected chi connectivity index (χ2v) is 7.77. The second kappa shape index (κ2) is 6.63. The zero-order valence-electron chi connectivity index (χ0n) is 13.0. The molecule has 0 atom stereocenters. The number of aromatic nitrogens is 2. The van der Waals surface area contributed by atoms with E-state index in [2.05, 4.69) is 50.1 Å². The molecule has 0 amide bonds. The van der Waals surface area contributed by atoms with Crippen molar-refractivity contribution in [3.63, 3.8) is 0 Å². The van der Waals surface area contributed by atoms with Crippen molar-refractivity contribution in [1.29, 1.82) is 0 Å². The van der Waals surface area contributed by atoms with Crippen LogP contribution in [0.3, 0.4) is 0 Å².